The molecule has 0 aliphatic rings. The molecule has 0 bridgehead atoms. The molecule has 0 aliphatic carbocycles. The first-order chi connectivity index (χ1) is 19.2. The molecule has 5 aromatic carbocycles. The minimum Gasteiger partial charge on any atom is -0.511 e. The van der Waals surface area contributed by atoms with E-state index in [2.05, 4.69) is 63.0 Å². The normalized spacial score (nSPS) is 11.2. The molecule has 0 amide bonds. The molecule has 0 atom stereocenters. The lowest BCUT2D eigenvalue weighted by atomic mass is 10.2. The molecule has 0 saturated heterocycles. The Morgan fingerprint density at radius 1 is 0.615 bits per heavy atom. The summed E-state index contributed by atoms with van der Waals surface area (Å²) >= 11 is 0. The highest BCUT2D eigenvalue weighted by molar-refractivity contribution is 5.80. The SMILES string of the molecule is [C-]#[N+]c1ccc2c(c1)n(-c1cccc(-n3[c-][n+](-c4ccccc4)c4ccccc43)c1)[c-][n+]2-c1ccccc1O. The van der Waals surface area contributed by atoms with Gasteiger partial charge in [-0.15, -0.1) is 0 Å². The van der Waals surface area contributed by atoms with Crippen LogP contribution in [0.4, 0.5) is 5.69 Å². The van der Waals surface area contributed by atoms with E-state index >= 15 is 0 Å². The molecular formula is C33H21N5O. The molecule has 0 spiro atoms. The Hall–Kier alpha value is -5.67. The highest BCUT2D eigenvalue weighted by Crippen LogP contribution is 2.27. The Bertz CT molecular complexity index is 2050. The van der Waals surface area contributed by atoms with Crippen molar-refractivity contribution in [2.45, 2.75) is 0 Å². The first-order valence-corrected chi connectivity index (χ1v) is 12.5. The van der Waals surface area contributed by atoms with Gasteiger partial charge in [0.2, 0.25) is 0 Å². The van der Waals surface area contributed by atoms with Gasteiger partial charge in [0.25, 0.3) is 12.7 Å². The number of phenolic OH excluding ortho intramolecular Hbond substituents is 1. The van der Waals surface area contributed by atoms with Crippen LogP contribution in [0, 0.1) is 19.2 Å². The Morgan fingerprint density at radius 3 is 2.08 bits per heavy atom. The number of benzene rings is 5. The van der Waals surface area contributed by atoms with Crippen LogP contribution < -0.4 is 9.13 Å². The molecule has 0 radical (unpaired) electrons. The predicted molar refractivity (Wildman–Crippen MR) is 149 cm³/mol. The van der Waals surface area contributed by atoms with E-state index in [0.717, 1.165) is 39.1 Å². The Kier molecular flexibility index (Phi) is 5.21. The van der Waals surface area contributed by atoms with Gasteiger partial charge in [0, 0.05) is 0 Å². The average Bonchev–Trinajstić information content (AvgIpc) is 3.57. The number of rotatable bonds is 4. The fourth-order valence-corrected chi connectivity index (χ4v) is 4.98. The van der Waals surface area contributed by atoms with Gasteiger partial charge in [0.05, 0.1) is 45.7 Å². The third kappa shape index (κ3) is 3.73. The molecule has 0 unspecified atom stereocenters. The monoisotopic (exact) mass is 503 g/mol. The highest BCUT2D eigenvalue weighted by atomic mass is 16.3. The molecule has 7 aromatic rings. The van der Waals surface area contributed by atoms with Gasteiger partial charge >= 0.3 is 0 Å². The largest absolute Gasteiger partial charge is 0.511 e. The molecule has 0 saturated carbocycles. The third-order valence-electron chi connectivity index (χ3n) is 6.82. The van der Waals surface area contributed by atoms with Gasteiger partial charge in [-0.1, -0.05) is 84.9 Å². The van der Waals surface area contributed by atoms with Gasteiger partial charge in [-0.2, -0.15) is 0 Å². The van der Waals surface area contributed by atoms with E-state index in [-0.39, 0.29) is 5.75 Å². The summed E-state index contributed by atoms with van der Waals surface area (Å²) in [7, 11) is 0. The van der Waals surface area contributed by atoms with Crippen molar-refractivity contribution in [2.75, 3.05) is 0 Å². The molecule has 1 N–H and O–H groups in total. The maximum atomic E-state index is 10.6. The van der Waals surface area contributed by atoms with Crippen LogP contribution in [0.3, 0.4) is 0 Å². The van der Waals surface area contributed by atoms with Gasteiger partial charge in [-0.05, 0) is 36.4 Å². The van der Waals surface area contributed by atoms with Crippen molar-refractivity contribution in [1.82, 2.24) is 9.13 Å². The van der Waals surface area contributed by atoms with Gasteiger partial charge < -0.3 is 5.11 Å². The van der Waals surface area contributed by atoms with Crippen molar-refractivity contribution < 1.29 is 14.2 Å². The van der Waals surface area contributed by atoms with E-state index in [4.69, 9.17) is 6.57 Å². The summed E-state index contributed by atoms with van der Waals surface area (Å²) in [6, 6.07) is 39.2. The van der Waals surface area contributed by atoms with Crippen LogP contribution >= 0.6 is 0 Å². The first-order valence-electron chi connectivity index (χ1n) is 12.5. The Morgan fingerprint density at radius 2 is 1.28 bits per heavy atom. The van der Waals surface area contributed by atoms with Crippen molar-refractivity contribution in [3.63, 3.8) is 0 Å². The summed E-state index contributed by atoms with van der Waals surface area (Å²) in [6.07, 6.45) is 6.94. The van der Waals surface area contributed by atoms with Crippen molar-refractivity contribution >= 4 is 27.8 Å². The van der Waals surface area contributed by atoms with E-state index in [9.17, 15) is 5.11 Å². The number of imidazole rings is 2. The maximum absolute atomic E-state index is 10.6. The molecule has 39 heavy (non-hydrogen) atoms. The average molecular weight is 504 g/mol. The number of hydrogen-bond donors (Lipinski definition) is 1. The maximum Gasteiger partial charge on any atom is 0.269 e. The second kappa shape index (κ2) is 9.02. The van der Waals surface area contributed by atoms with E-state index in [1.165, 1.54) is 0 Å². The second-order valence-electron chi connectivity index (χ2n) is 9.16. The summed E-state index contributed by atoms with van der Waals surface area (Å²) in [4.78, 5) is 3.64. The van der Waals surface area contributed by atoms with E-state index in [1.54, 1.807) is 18.2 Å². The minimum absolute atomic E-state index is 0.152. The molecule has 6 heteroatoms. The molecule has 0 fully saturated rings. The van der Waals surface area contributed by atoms with Crippen LogP contribution in [0.25, 0.3) is 49.7 Å². The molecule has 6 nitrogen and oxygen atoms in total. The minimum atomic E-state index is 0.152. The highest BCUT2D eigenvalue weighted by Gasteiger charge is 2.17. The first kappa shape index (κ1) is 22.5. The summed E-state index contributed by atoms with van der Waals surface area (Å²) in [5.41, 5.74) is 7.69. The lowest BCUT2D eigenvalue weighted by molar-refractivity contribution is -0.573. The van der Waals surface area contributed by atoms with Crippen molar-refractivity contribution in [1.29, 1.82) is 0 Å². The van der Waals surface area contributed by atoms with E-state index < -0.39 is 0 Å². The number of phenols is 1. The molecule has 2 aromatic heterocycles. The topological polar surface area (TPSA) is 42.2 Å². The van der Waals surface area contributed by atoms with Gasteiger partial charge in [0.15, 0.2) is 5.69 Å². The number of aromatic hydroxyl groups is 1. The number of hydrogen-bond acceptors (Lipinski definition) is 1. The lowest BCUT2D eigenvalue weighted by Gasteiger charge is -2.08. The van der Waals surface area contributed by atoms with Crippen molar-refractivity contribution in [2.24, 2.45) is 0 Å². The zero-order valence-electron chi connectivity index (χ0n) is 20.7. The zero-order chi connectivity index (χ0) is 26.3. The number of aromatic nitrogens is 4. The quantitative estimate of drug-likeness (QED) is 0.233. The van der Waals surface area contributed by atoms with Gasteiger partial charge in [-0.25, -0.2) is 4.85 Å². The fourth-order valence-electron chi connectivity index (χ4n) is 4.98. The van der Waals surface area contributed by atoms with E-state index in [1.807, 2.05) is 75.9 Å². The van der Waals surface area contributed by atoms with E-state index in [0.29, 0.717) is 11.4 Å². The van der Waals surface area contributed by atoms with Crippen LogP contribution in [0.1, 0.15) is 0 Å². The van der Waals surface area contributed by atoms with Crippen LogP contribution in [-0.2, 0) is 0 Å². The summed E-state index contributed by atoms with van der Waals surface area (Å²) in [6.45, 7) is 7.54. The predicted octanol–water partition coefficient (Wildman–Crippen LogP) is 5.98. The molecular weight excluding hydrogens is 482 g/mol. The molecule has 184 valence electrons. The molecule has 2 heterocycles. The number of fused-ring (bicyclic) bond motifs is 2. The number of nitrogens with zero attached hydrogens (tertiary/aromatic N) is 5. The fraction of sp³-hybridized carbons (Fsp3) is 0. The van der Waals surface area contributed by atoms with Gasteiger partial charge in [-0.3, -0.25) is 18.3 Å². The number of para-hydroxylation sites is 5. The zero-order valence-corrected chi connectivity index (χ0v) is 20.7. The van der Waals surface area contributed by atoms with Crippen LogP contribution in [0.15, 0.2) is 121 Å². The third-order valence-corrected chi connectivity index (χ3v) is 6.82. The lowest BCUT2D eigenvalue weighted by Crippen LogP contribution is -2.29. The second-order valence-corrected chi connectivity index (χ2v) is 9.16. The molecule has 7 rings (SSSR count). The van der Waals surface area contributed by atoms with Crippen molar-refractivity contribution in [3.8, 4) is 28.5 Å². The summed E-state index contributed by atoms with van der Waals surface area (Å²) in [5, 5.41) is 10.6. The Labute approximate surface area is 224 Å². The smallest absolute Gasteiger partial charge is 0.269 e. The van der Waals surface area contributed by atoms with Crippen LogP contribution in [-0.4, -0.2) is 14.2 Å². The Balaban J connectivity index is 1.44. The van der Waals surface area contributed by atoms with Gasteiger partial charge in [0.1, 0.15) is 11.4 Å². The van der Waals surface area contributed by atoms with Crippen LogP contribution in [0.5, 0.6) is 5.75 Å². The summed E-state index contributed by atoms with van der Waals surface area (Å²) in [5.74, 6) is 0.152. The standard InChI is InChI=1S/C33H21N5O/c1-34-24-18-19-30-32(20-24)37(23-38(30)31-16-7-8-17-33(31)39)27-13-9-12-26(21-27)36-22-35(25-10-3-2-4-11-25)28-14-5-6-15-29(28)36/h2-21,39H. The van der Waals surface area contributed by atoms with Crippen LogP contribution in [0.2, 0.25) is 0 Å². The van der Waals surface area contributed by atoms with Crippen molar-refractivity contribution in [3.05, 3.63) is 145 Å². The molecule has 0 aliphatic heterocycles. The summed E-state index contributed by atoms with van der Waals surface area (Å²) < 4.78 is 7.87.